The number of benzene rings is 4. The maximum absolute atomic E-state index is 14.4. The molecule has 4 aromatic rings. The summed E-state index contributed by atoms with van der Waals surface area (Å²) in [6.45, 7) is 0. The smallest absolute Gasteiger partial charge is 0.156 e. The third kappa shape index (κ3) is 2.77. The summed E-state index contributed by atoms with van der Waals surface area (Å²) in [5.74, 6) is -0.254. The zero-order valence-electron chi connectivity index (χ0n) is 16.1. The van der Waals surface area contributed by atoms with E-state index in [9.17, 15) is 4.79 Å². The Kier molecular flexibility index (Phi) is 4.33. The highest BCUT2D eigenvalue weighted by Gasteiger charge is 2.39. The molecule has 0 fully saturated rings. The van der Waals surface area contributed by atoms with Crippen LogP contribution in [-0.2, 0) is 4.79 Å². The largest absolute Gasteiger partial charge is 0.298 e. The minimum Gasteiger partial charge on any atom is -0.298 e. The molecule has 144 valence electrons. The van der Waals surface area contributed by atoms with Crippen LogP contribution in [0.4, 0.5) is 0 Å². The standard InChI is InChI=1S/C27H18OS2/c28-27(25-17-9-1-5-13-21(17)29-22-14-6-2-10-18(22)25)26-19-11-3-7-15-23(19)30-24-16-8-4-12-20(24)26/h1-16,25-26H. The van der Waals surface area contributed by atoms with Crippen molar-refractivity contribution in [1.29, 1.82) is 0 Å². The summed E-state index contributed by atoms with van der Waals surface area (Å²) < 4.78 is 0. The van der Waals surface area contributed by atoms with E-state index in [2.05, 4.69) is 72.8 Å². The van der Waals surface area contributed by atoms with Gasteiger partial charge in [0, 0.05) is 19.6 Å². The number of Topliss-reactive ketones (excluding diaryl/α,β-unsaturated/α-hetero) is 1. The van der Waals surface area contributed by atoms with Gasteiger partial charge in [-0.3, -0.25) is 4.79 Å². The highest BCUT2D eigenvalue weighted by Crippen LogP contribution is 2.52. The quantitative estimate of drug-likeness (QED) is 0.341. The Morgan fingerprint density at radius 2 is 0.733 bits per heavy atom. The van der Waals surface area contributed by atoms with E-state index in [4.69, 9.17) is 0 Å². The first-order chi connectivity index (χ1) is 14.8. The summed E-state index contributed by atoms with van der Waals surface area (Å²) in [4.78, 5) is 19.1. The number of carbonyl (C=O) groups excluding carboxylic acids is 1. The van der Waals surface area contributed by atoms with Gasteiger partial charge < -0.3 is 0 Å². The summed E-state index contributed by atoms with van der Waals surface area (Å²) in [5, 5.41) is 0. The zero-order chi connectivity index (χ0) is 20.1. The molecule has 0 aliphatic carbocycles. The number of carbonyl (C=O) groups is 1. The summed E-state index contributed by atoms with van der Waals surface area (Å²) >= 11 is 3.53. The van der Waals surface area contributed by atoms with Gasteiger partial charge in [0.1, 0.15) is 0 Å². The second-order valence-corrected chi connectivity index (χ2v) is 9.79. The monoisotopic (exact) mass is 422 g/mol. The van der Waals surface area contributed by atoms with Gasteiger partial charge in [-0.15, -0.1) is 0 Å². The fraction of sp³-hybridized carbons (Fsp3) is 0.0741. The second kappa shape index (κ2) is 7.19. The highest BCUT2D eigenvalue weighted by atomic mass is 32.2. The molecule has 0 radical (unpaired) electrons. The van der Waals surface area contributed by atoms with Crippen LogP contribution >= 0.6 is 23.5 Å². The Morgan fingerprint density at radius 3 is 1.03 bits per heavy atom. The predicted molar refractivity (Wildman–Crippen MR) is 123 cm³/mol. The van der Waals surface area contributed by atoms with Gasteiger partial charge in [0.25, 0.3) is 0 Å². The van der Waals surface area contributed by atoms with E-state index < -0.39 is 0 Å². The molecule has 0 aromatic heterocycles. The molecule has 0 N–H and O–H groups in total. The molecule has 2 heterocycles. The topological polar surface area (TPSA) is 17.1 Å². The SMILES string of the molecule is O=C(C1c2ccccc2Sc2ccccc21)C1c2ccccc2Sc2ccccc21. The lowest BCUT2D eigenvalue weighted by Gasteiger charge is -2.33. The van der Waals surface area contributed by atoms with Gasteiger partial charge in [-0.05, 0) is 46.5 Å². The van der Waals surface area contributed by atoms with Crippen LogP contribution in [0.2, 0.25) is 0 Å². The maximum atomic E-state index is 14.4. The first-order valence-corrected chi connectivity index (χ1v) is 11.7. The molecular formula is C27H18OS2. The summed E-state index contributed by atoms with van der Waals surface area (Å²) in [6.07, 6.45) is 0. The van der Waals surface area contributed by atoms with Gasteiger partial charge in [-0.2, -0.15) is 0 Å². The van der Waals surface area contributed by atoms with Crippen molar-refractivity contribution in [3.8, 4) is 0 Å². The van der Waals surface area contributed by atoms with Crippen LogP contribution in [0.5, 0.6) is 0 Å². The van der Waals surface area contributed by atoms with Crippen molar-refractivity contribution in [2.45, 2.75) is 31.4 Å². The van der Waals surface area contributed by atoms with E-state index in [0.29, 0.717) is 0 Å². The molecule has 3 heteroatoms. The van der Waals surface area contributed by atoms with Crippen molar-refractivity contribution in [3.05, 3.63) is 119 Å². The minimum atomic E-state index is -0.257. The van der Waals surface area contributed by atoms with E-state index in [1.54, 1.807) is 23.5 Å². The molecule has 1 nitrogen and oxygen atoms in total. The molecule has 0 amide bonds. The fourth-order valence-corrected chi connectivity index (χ4v) is 6.87. The molecule has 0 saturated carbocycles. The number of hydrogen-bond donors (Lipinski definition) is 0. The van der Waals surface area contributed by atoms with Crippen LogP contribution in [0.1, 0.15) is 34.1 Å². The van der Waals surface area contributed by atoms with Crippen molar-refractivity contribution in [2.75, 3.05) is 0 Å². The Hall–Kier alpha value is -2.75. The summed E-state index contributed by atoms with van der Waals surface area (Å²) in [7, 11) is 0. The number of ketones is 1. The van der Waals surface area contributed by atoms with Crippen molar-refractivity contribution in [2.24, 2.45) is 0 Å². The van der Waals surface area contributed by atoms with E-state index in [1.807, 2.05) is 24.3 Å². The zero-order valence-corrected chi connectivity index (χ0v) is 17.8. The Labute approximate surface area is 184 Å². The number of rotatable bonds is 2. The van der Waals surface area contributed by atoms with E-state index in [1.165, 1.54) is 19.6 Å². The fourth-order valence-electron chi connectivity index (χ4n) is 4.60. The highest BCUT2D eigenvalue weighted by molar-refractivity contribution is 7.99. The van der Waals surface area contributed by atoms with Crippen LogP contribution in [0.25, 0.3) is 0 Å². The van der Waals surface area contributed by atoms with E-state index in [0.717, 1.165) is 22.3 Å². The van der Waals surface area contributed by atoms with Crippen LogP contribution in [0, 0.1) is 0 Å². The van der Waals surface area contributed by atoms with Crippen LogP contribution < -0.4 is 0 Å². The first-order valence-electron chi connectivity index (χ1n) is 10.1. The van der Waals surface area contributed by atoms with Gasteiger partial charge in [0.2, 0.25) is 0 Å². The van der Waals surface area contributed by atoms with Crippen LogP contribution in [0.3, 0.4) is 0 Å². The molecule has 0 spiro atoms. The molecule has 2 aliphatic rings. The third-order valence-corrected chi connectivity index (χ3v) is 8.30. The molecule has 6 rings (SSSR count). The molecule has 30 heavy (non-hydrogen) atoms. The molecule has 0 bridgehead atoms. The molecule has 0 saturated heterocycles. The first kappa shape index (κ1) is 18.1. The lowest BCUT2D eigenvalue weighted by molar-refractivity contribution is -0.120. The second-order valence-electron chi connectivity index (χ2n) is 7.62. The predicted octanol–water partition coefficient (Wildman–Crippen LogP) is 7.15. The average Bonchev–Trinajstić information content (AvgIpc) is 2.80. The maximum Gasteiger partial charge on any atom is 0.156 e. The normalized spacial score (nSPS) is 14.9. The van der Waals surface area contributed by atoms with Gasteiger partial charge in [-0.25, -0.2) is 0 Å². The van der Waals surface area contributed by atoms with Crippen LogP contribution in [-0.4, -0.2) is 5.78 Å². The summed E-state index contributed by atoms with van der Waals surface area (Å²) in [5.41, 5.74) is 4.50. The average molecular weight is 423 g/mol. The van der Waals surface area contributed by atoms with E-state index in [-0.39, 0.29) is 17.6 Å². The molecule has 0 unspecified atom stereocenters. The van der Waals surface area contributed by atoms with Gasteiger partial charge in [0.15, 0.2) is 5.78 Å². The Morgan fingerprint density at radius 1 is 0.467 bits per heavy atom. The van der Waals surface area contributed by atoms with Crippen molar-refractivity contribution in [3.63, 3.8) is 0 Å². The lowest BCUT2D eigenvalue weighted by atomic mass is 9.76. The Balaban J connectivity index is 1.57. The minimum absolute atomic E-state index is 0.257. The summed E-state index contributed by atoms with van der Waals surface area (Å²) in [6, 6.07) is 33.4. The van der Waals surface area contributed by atoms with Gasteiger partial charge in [0.05, 0.1) is 11.8 Å². The molecular weight excluding hydrogens is 404 g/mol. The molecule has 2 aliphatic heterocycles. The van der Waals surface area contributed by atoms with Gasteiger partial charge >= 0.3 is 0 Å². The molecule has 0 atom stereocenters. The Bertz CT molecular complexity index is 1100. The van der Waals surface area contributed by atoms with E-state index >= 15 is 0 Å². The molecule has 4 aromatic carbocycles. The van der Waals surface area contributed by atoms with Crippen molar-refractivity contribution < 1.29 is 4.79 Å². The third-order valence-electron chi connectivity index (χ3n) is 5.93. The number of hydrogen-bond acceptors (Lipinski definition) is 3. The lowest BCUT2D eigenvalue weighted by Crippen LogP contribution is -2.26. The number of fused-ring (bicyclic) bond motifs is 4. The van der Waals surface area contributed by atoms with Gasteiger partial charge in [-0.1, -0.05) is 96.3 Å². The van der Waals surface area contributed by atoms with Crippen LogP contribution in [0.15, 0.2) is 117 Å². The van der Waals surface area contributed by atoms with Crippen molar-refractivity contribution >= 4 is 29.3 Å². The van der Waals surface area contributed by atoms with Crippen molar-refractivity contribution in [1.82, 2.24) is 0 Å².